The molecule has 4 aliphatic heterocycles. The topological polar surface area (TPSA) is 117 Å². The summed E-state index contributed by atoms with van der Waals surface area (Å²) in [5.41, 5.74) is -0.221. The van der Waals surface area contributed by atoms with Crippen LogP contribution in [0.15, 0.2) is 78.9 Å². The molecule has 11 heteroatoms. The molecule has 2 saturated heterocycles. The van der Waals surface area contributed by atoms with Gasteiger partial charge in [0.25, 0.3) is 5.91 Å². The summed E-state index contributed by atoms with van der Waals surface area (Å²) in [5.74, 6) is -3.80. The first-order valence-electron chi connectivity index (χ1n) is 16.2. The number of anilines is 1. The summed E-state index contributed by atoms with van der Waals surface area (Å²) >= 11 is 6.14. The summed E-state index contributed by atoms with van der Waals surface area (Å²) in [5, 5.41) is 10.9. The highest BCUT2D eigenvalue weighted by Gasteiger charge is 2.72. The fourth-order valence-electron chi connectivity index (χ4n) is 7.49. The number of carbonyl (C=O) groups is 4. The number of hydrogen-bond donors (Lipinski definition) is 1. The first-order chi connectivity index (χ1) is 22.6. The number of hydrogen-bond acceptors (Lipinski definition) is 7. The Bertz CT molecular complexity index is 1580. The van der Waals surface area contributed by atoms with E-state index in [9.17, 15) is 24.3 Å². The number of aliphatic hydroxyl groups excluding tert-OH is 1. The second-order valence-corrected chi connectivity index (χ2v) is 13.1. The molecule has 0 radical (unpaired) electrons. The van der Waals surface area contributed by atoms with Crippen molar-refractivity contribution in [3.05, 3.63) is 89.5 Å². The Labute approximate surface area is 279 Å². The van der Waals surface area contributed by atoms with Gasteiger partial charge in [-0.05, 0) is 49.6 Å². The largest absolute Gasteiger partial charge is 0.455 e. The fraction of sp³-hybridized carbons (Fsp3) is 0.444. The number of benzene rings is 2. The number of halogens is 1. The number of fused-ring (bicyclic) bond motifs is 2. The minimum atomic E-state index is -1.52. The maximum absolute atomic E-state index is 14.7. The number of likely N-dealkylation sites (N-methyl/N-ethyl adjacent to an activating group) is 1. The Hall–Kier alpha value is -3.99. The molecule has 47 heavy (non-hydrogen) atoms. The van der Waals surface area contributed by atoms with Crippen molar-refractivity contribution < 1.29 is 33.8 Å². The van der Waals surface area contributed by atoms with Crippen molar-refractivity contribution in [2.75, 3.05) is 25.1 Å². The molecule has 4 aliphatic rings. The van der Waals surface area contributed by atoms with E-state index in [-0.39, 0.29) is 25.5 Å². The third-order valence-electron chi connectivity index (χ3n) is 10.1. The van der Waals surface area contributed by atoms with Gasteiger partial charge in [0.2, 0.25) is 11.8 Å². The highest BCUT2D eigenvalue weighted by atomic mass is 35.5. The van der Waals surface area contributed by atoms with Crippen molar-refractivity contribution in [3.8, 4) is 0 Å². The molecule has 0 aromatic heterocycles. The molecule has 3 amide bonds. The lowest BCUT2D eigenvalue weighted by Crippen LogP contribution is -2.58. The van der Waals surface area contributed by atoms with E-state index in [2.05, 4.69) is 0 Å². The van der Waals surface area contributed by atoms with Crippen LogP contribution >= 0.6 is 11.6 Å². The lowest BCUT2D eigenvalue weighted by molar-refractivity contribution is -0.164. The number of rotatable bonds is 5. The molecule has 1 spiro atoms. The highest BCUT2D eigenvalue weighted by molar-refractivity contribution is 6.30. The predicted molar refractivity (Wildman–Crippen MR) is 175 cm³/mol. The maximum Gasteiger partial charge on any atom is 0.313 e. The van der Waals surface area contributed by atoms with Crippen molar-refractivity contribution in [2.24, 2.45) is 11.8 Å². The molecule has 0 bridgehead atoms. The lowest BCUT2D eigenvalue weighted by Gasteiger charge is -2.38. The van der Waals surface area contributed by atoms with Gasteiger partial charge in [-0.15, -0.1) is 0 Å². The van der Waals surface area contributed by atoms with Crippen molar-refractivity contribution in [1.29, 1.82) is 0 Å². The van der Waals surface area contributed by atoms with Gasteiger partial charge in [0.1, 0.15) is 23.7 Å². The van der Waals surface area contributed by atoms with Crippen molar-refractivity contribution in [2.45, 2.75) is 69.0 Å². The Morgan fingerprint density at radius 2 is 1.74 bits per heavy atom. The Balaban J connectivity index is 1.47. The molecule has 2 aromatic rings. The molecule has 0 saturated carbocycles. The van der Waals surface area contributed by atoms with Crippen molar-refractivity contribution in [1.82, 2.24) is 9.80 Å². The van der Waals surface area contributed by atoms with Gasteiger partial charge in [0.05, 0.1) is 30.7 Å². The molecule has 0 aliphatic carbocycles. The zero-order valence-electron chi connectivity index (χ0n) is 26.7. The van der Waals surface area contributed by atoms with E-state index in [0.717, 1.165) is 0 Å². The molecule has 6 rings (SSSR count). The zero-order valence-corrected chi connectivity index (χ0v) is 27.5. The molecular weight excluding hydrogens is 622 g/mol. The molecule has 0 unspecified atom stereocenters. The van der Waals surface area contributed by atoms with E-state index in [1.165, 1.54) is 4.90 Å². The summed E-state index contributed by atoms with van der Waals surface area (Å²) in [6, 6.07) is 13.7. The zero-order chi connectivity index (χ0) is 33.5. The average molecular weight is 662 g/mol. The first-order valence-corrected chi connectivity index (χ1v) is 16.5. The normalized spacial score (nSPS) is 32.5. The number of amides is 3. The fourth-order valence-corrected chi connectivity index (χ4v) is 7.61. The van der Waals surface area contributed by atoms with E-state index in [1.54, 1.807) is 65.4 Å². The smallest absolute Gasteiger partial charge is 0.313 e. The van der Waals surface area contributed by atoms with Crippen LogP contribution in [-0.2, 0) is 28.7 Å². The van der Waals surface area contributed by atoms with Crippen LogP contribution in [0.25, 0.3) is 0 Å². The second-order valence-electron chi connectivity index (χ2n) is 12.6. The van der Waals surface area contributed by atoms with E-state index >= 15 is 0 Å². The van der Waals surface area contributed by atoms with E-state index < -0.39 is 65.6 Å². The summed E-state index contributed by atoms with van der Waals surface area (Å²) in [6.07, 6.45) is 6.33. The number of cyclic esters (lactones) is 1. The van der Waals surface area contributed by atoms with E-state index in [1.807, 2.05) is 44.2 Å². The van der Waals surface area contributed by atoms with Crippen LogP contribution in [0.5, 0.6) is 0 Å². The molecule has 2 aromatic carbocycles. The van der Waals surface area contributed by atoms with Gasteiger partial charge in [0.15, 0.2) is 0 Å². The van der Waals surface area contributed by atoms with Crippen LogP contribution in [-0.4, -0.2) is 88.6 Å². The highest BCUT2D eigenvalue weighted by Crippen LogP contribution is 2.54. The second kappa shape index (κ2) is 13.3. The van der Waals surface area contributed by atoms with Gasteiger partial charge in [-0.3, -0.25) is 19.2 Å². The number of esters is 1. The molecule has 2 fully saturated rings. The van der Waals surface area contributed by atoms with E-state index in [4.69, 9.17) is 21.1 Å². The Kier molecular flexibility index (Phi) is 9.29. The lowest BCUT2D eigenvalue weighted by atomic mass is 9.77. The standard InChI is InChI=1S/C36H40ClN3O7/c1-4-25(21-41)40-32-34(44)39(26-17-15-24(37)16-18-26)20-10-19-36(32)30(33(40)43)29-27(47-36)13-8-9-14-28(42)38(3)22(2)31(46-35(29)45)23-11-6-5-7-12-23/h5-8,10-13,15-19,22,25,27,29-32,41H,4,9,14,20-21H2,1-3H3/b13-8-/t22-,25+,27-,29+,30+,31+,32-,36+/m1/s1. The number of nitrogens with zero attached hydrogens (tertiary/aromatic N) is 3. The minimum Gasteiger partial charge on any atom is -0.455 e. The molecular formula is C36H40ClN3O7. The Morgan fingerprint density at radius 1 is 1.02 bits per heavy atom. The van der Waals surface area contributed by atoms with Gasteiger partial charge in [0, 0.05) is 30.7 Å². The number of ether oxygens (including phenoxy) is 2. The predicted octanol–water partition coefficient (Wildman–Crippen LogP) is 4.08. The van der Waals surface area contributed by atoms with Gasteiger partial charge >= 0.3 is 5.97 Å². The van der Waals surface area contributed by atoms with Crippen LogP contribution in [0.2, 0.25) is 5.02 Å². The monoisotopic (exact) mass is 661 g/mol. The average Bonchev–Trinajstić information content (AvgIpc) is 3.47. The molecule has 248 valence electrons. The molecule has 8 atom stereocenters. The number of allylic oxidation sites excluding steroid dienone is 1. The third-order valence-corrected chi connectivity index (χ3v) is 10.3. The molecule has 10 nitrogen and oxygen atoms in total. The maximum atomic E-state index is 14.7. The van der Waals surface area contributed by atoms with Crippen LogP contribution in [0.4, 0.5) is 5.69 Å². The number of likely N-dealkylation sites (tertiary alicyclic amines) is 1. The SMILES string of the molecule is CC[C@@H](CO)N1C(=O)[C@@H]2[C@H]3C(=O)O[C@H](c4ccccc4)[C@@H](C)N(C)C(=O)CC/C=C\[C@H]3O[C@@]23C=CCN(c2ccc(Cl)cc2)C(=O)[C@@H]13. The van der Waals surface area contributed by atoms with Crippen LogP contribution in [0.3, 0.4) is 0 Å². The van der Waals surface area contributed by atoms with Crippen LogP contribution < -0.4 is 4.90 Å². The van der Waals surface area contributed by atoms with Gasteiger partial charge in [-0.1, -0.05) is 73.2 Å². The van der Waals surface area contributed by atoms with Crippen LogP contribution in [0, 0.1) is 11.8 Å². The Morgan fingerprint density at radius 3 is 2.43 bits per heavy atom. The minimum absolute atomic E-state index is 0.0980. The quantitative estimate of drug-likeness (QED) is 0.379. The third kappa shape index (κ3) is 5.66. The first kappa shape index (κ1) is 32.9. The summed E-state index contributed by atoms with van der Waals surface area (Å²) in [4.78, 5) is 61.5. The number of carbonyl (C=O) groups excluding carboxylic acids is 4. The van der Waals surface area contributed by atoms with Gasteiger partial charge < -0.3 is 29.3 Å². The summed E-state index contributed by atoms with van der Waals surface area (Å²) in [6.45, 7) is 3.50. The number of aliphatic hydroxyl groups is 1. The summed E-state index contributed by atoms with van der Waals surface area (Å²) < 4.78 is 13.1. The van der Waals surface area contributed by atoms with E-state index in [0.29, 0.717) is 29.1 Å². The molecule has 1 N–H and O–H groups in total. The summed E-state index contributed by atoms with van der Waals surface area (Å²) in [7, 11) is 1.69. The molecule has 4 heterocycles. The van der Waals surface area contributed by atoms with Crippen molar-refractivity contribution in [3.63, 3.8) is 0 Å². The van der Waals surface area contributed by atoms with Gasteiger partial charge in [-0.2, -0.15) is 0 Å². The van der Waals surface area contributed by atoms with Crippen molar-refractivity contribution >= 4 is 41.0 Å². The van der Waals surface area contributed by atoms with Crippen LogP contribution in [0.1, 0.15) is 44.8 Å². The van der Waals surface area contributed by atoms with Gasteiger partial charge in [-0.25, -0.2) is 0 Å².